The molecule has 0 radical (unpaired) electrons. The molecule has 0 fully saturated rings. The second kappa shape index (κ2) is 6.36. The van der Waals surface area contributed by atoms with Gasteiger partial charge in [0, 0.05) is 5.41 Å². The number of halogens is 2. The zero-order valence-corrected chi connectivity index (χ0v) is 13.7. The Morgan fingerprint density at radius 3 is 2.76 bits per heavy atom. The molecule has 0 amide bonds. The van der Waals surface area contributed by atoms with Crippen LogP contribution in [0.25, 0.3) is 0 Å². The van der Waals surface area contributed by atoms with E-state index in [4.69, 9.17) is 17.4 Å². The van der Waals surface area contributed by atoms with E-state index < -0.39 is 5.82 Å². The molecule has 1 aromatic carbocycles. The molecule has 0 aliphatic carbocycles. The molecule has 4 nitrogen and oxygen atoms in total. The van der Waals surface area contributed by atoms with E-state index in [1.54, 1.807) is 12.1 Å². The fourth-order valence-electron chi connectivity index (χ4n) is 2.10. The normalized spacial score (nSPS) is 13.4. The van der Waals surface area contributed by atoms with Gasteiger partial charge in [-0.3, -0.25) is 11.3 Å². The average Bonchev–Trinajstić information content (AvgIpc) is 2.89. The Morgan fingerprint density at radius 1 is 1.43 bits per heavy atom. The Balaban J connectivity index is 2.33. The lowest BCUT2D eigenvalue weighted by atomic mass is 9.89. The SMILES string of the molecule is CC(C)(C)c1nnsc1C(Cc1cccc(F)c1Cl)NN. The highest BCUT2D eigenvalue weighted by molar-refractivity contribution is 7.05. The minimum absolute atomic E-state index is 0.132. The van der Waals surface area contributed by atoms with Gasteiger partial charge in [-0.05, 0) is 29.6 Å². The molecular weight excluding hydrogens is 311 g/mol. The molecule has 0 saturated carbocycles. The molecule has 2 rings (SSSR count). The minimum Gasteiger partial charge on any atom is -0.271 e. The summed E-state index contributed by atoms with van der Waals surface area (Å²) >= 11 is 7.31. The maximum absolute atomic E-state index is 13.5. The highest BCUT2D eigenvalue weighted by atomic mass is 35.5. The summed E-state index contributed by atoms with van der Waals surface area (Å²) < 4.78 is 17.6. The molecule has 1 atom stereocenters. The number of benzene rings is 1. The molecule has 7 heteroatoms. The van der Waals surface area contributed by atoms with Crippen molar-refractivity contribution in [3.05, 3.63) is 45.2 Å². The molecule has 2 aromatic rings. The molecule has 1 unspecified atom stereocenters. The first-order chi connectivity index (χ1) is 9.84. The van der Waals surface area contributed by atoms with Crippen molar-refractivity contribution in [2.45, 2.75) is 38.6 Å². The molecule has 1 heterocycles. The number of hydrogen-bond donors (Lipinski definition) is 2. The van der Waals surface area contributed by atoms with Crippen LogP contribution < -0.4 is 11.3 Å². The first kappa shape index (κ1) is 16.3. The number of hydrazine groups is 1. The number of nitrogens with one attached hydrogen (secondary N) is 1. The maximum Gasteiger partial charge on any atom is 0.142 e. The summed E-state index contributed by atoms with van der Waals surface area (Å²) in [7, 11) is 0. The second-order valence-corrected chi connectivity index (χ2v) is 7.04. The third kappa shape index (κ3) is 3.58. The molecule has 0 aliphatic rings. The smallest absolute Gasteiger partial charge is 0.142 e. The topological polar surface area (TPSA) is 63.8 Å². The minimum atomic E-state index is -0.427. The largest absolute Gasteiger partial charge is 0.271 e. The van der Waals surface area contributed by atoms with Crippen LogP contribution >= 0.6 is 23.1 Å². The van der Waals surface area contributed by atoms with Gasteiger partial charge in [-0.1, -0.05) is 49.0 Å². The van der Waals surface area contributed by atoms with Crippen LogP contribution in [-0.4, -0.2) is 9.59 Å². The standard InChI is InChI=1S/C14H18ClFN4S/c1-14(2,3)13-12(21-20-19-13)10(18-17)7-8-5-4-6-9(16)11(8)15/h4-6,10,18H,7,17H2,1-3H3. The quantitative estimate of drug-likeness (QED) is 0.667. The Morgan fingerprint density at radius 2 is 2.14 bits per heavy atom. The lowest BCUT2D eigenvalue weighted by Crippen LogP contribution is -2.31. The summed E-state index contributed by atoms with van der Waals surface area (Å²) in [4.78, 5) is 0.949. The third-order valence-electron chi connectivity index (χ3n) is 3.20. The monoisotopic (exact) mass is 328 g/mol. The van der Waals surface area contributed by atoms with Crippen LogP contribution in [0.4, 0.5) is 4.39 Å². The van der Waals surface area contributed by atoms with Crippen LogP contribution in [0.5, 0.6) is 0 Å². The van der Waals surface area contributed by atoms with Crippen molar-refractivity contribution in [3.8, 4) is 0 Å². The molecule has 0 bridgehead atoms. The number of hydrogen-bond acceptors (Lipinski definition) is 5. The average molecular weight is 329 g/mol. The molecule has 0 aliphatic heterocycles. The number of rotatable bonds is 4. The number of nitrogens with two attached hydrogens (primary N) is 1. The zero-order valence-electron chi connectivity index (χ0n) is 12.2. The predicted molar refractivity (Wildman–Crippen MR) is 83.8 cm³/mol. The lowest BCUT2D eigenvalue weighted by molar-refractivity contribution is 0.514. The van der Waals surface area contributed by atoms with Crippen molar-refractivity contribution in [2.75, 3.05) is 0 Å². The van der Waals surface area contributed by atoms with E-state index in [2.05, 4.69) is 35.8 Å². The fourth-order valence-corrected chi connectivity index (χ4v) is 3.22. The fraction of sp³-hybridized carbons (Fsp3) is 0.429. The molecule has 21 heavy (non-hydrogen) atoms. The Bertz CT molecular complexity index is 624. The summed E-state index contributed by atoms with van der Waals surface area (Å²) in [6.45, 7) is 6.20. The van der Waals surface area contributed by atoms with Crippen molar-refractivity contribution in [1.29, 1.82) is 0 Å². The van der Waals surface area contributed by atoms with Crippen LogP contribution in [-0.2, 0) is 11.8 Å². The summed E-state index contributed by atoms with van der Waals surface area (Å²) in [6, 6.07) is 4.56. The van der Waals surface area contributed by atoms with Crippen LogP contribution in [0.2, 0.25) is 5.02 Å². The van der Waals surface area contributed by atoms with E-state index in [1.807, 2.05) is 0 Å². The van der Waals surface area contributed by atoms with Crippen LogP contribution in [0.15, 0.2) is 18.2 Å². The van der Waals surface area contributed by atoms with E-state index in [9.17, 15) is 4.39 Å². The van der Waals surface area contributed by atoms with Gasteiger partial charge < -0.3 is 0 Å². The van der Waals surface area contributed by atoms with Crippen molar-refractivity contribution in [1.82, 2.24) is 15.0 Å². The Labute approximate surface area is 132 Å². The summed E-state index contributed by atoms with van der Waals surface area (Å²) in [5, 5.41) is 4.34. The van der Waals surface area contributed by atoms with Gasteiger partial charge in [0.2, 0.25) is 0 Å². The first-order valence-electron chi connectivity index (χ1n) is 6.56. The summed E-state index contributed by atoms with van der Waals surface area (Å²) in [6.07, 6.45) is 0.472. The molecule has 114 valence electrons. The van der Waals surface area contributed by atoms with E-state index in [0.29, 0.717) is 12.0 Å². The summed E-state index contributed by atoms with van der Waals surface area (Å²) in [5.41, 5.74) is 4.22. The second-order valence-electron chi connectivity index (χ2n) is 5.87. The van der Waals surface area contributed by atoms with E-state index in [0.717, 1.165) is 10.6 Å². The van der Waals surface area contributed by atoms with Crippen molar-refractivity contribution < 1.29 is 4.39 Å². The highest BCUT2D eigenvalue weighted by Gasteiger charge is 2.27. The van der Waals surface area contributed by atoms with Crippen molar-refractivity contribution in [3.63, 3.8) is 0 Å². The first-order valence-corrected chi connectivity index (χ1v) is 7.71. The van der Waals surface area contributed by atoms with Crippen molar-refractivity contribution >= 4 is 23.1 Å². The third-order valence-corrected chi connectivity index (χ3v) is 4.46. The highest BCUT2D eigenvalue weighted by Crippen LogP contribution is 2.33. The summed E-state index contributed by atoms with van der Waals surface area (Å²) in [5.74, 6) is 5.25. The van der Waals surface area contributed by atoms with Gasteiger partial charge in [0.15, 0.2) is 0 Å². The number of aromatic nitrogens is 2. The Kier molecular flexibility index (Phi) is 4.93. The maximum atomic E-state index is 13.5. The molecule has 1 aromatic heterocycles. The molecular formula is C14H18ClFN4S. The van der Waals surface area contributed by atoms with Crippen molar-refractivity contribution in [2.24, 2.45) is 5.84 Å². The van der Waals surface area contributed by atoms with Gasteiger partial charge in [0.05, 0.1) is 21.6 Å². The number of nitrogens with zero attached hydrogens (tertiary/aromatic N) is 2. The van der Waals surface area contributed by atoms with Crippen LogP contribution in [0.1, 0.15) is 42.9 Å². The molecule has 0 spiro atoms. The van der Waals surface area contributed by atoms with E-state index in [-0.39, 0.29) is 16.5 Å². The predicted octanol–water partition coefficient (Wildman–Crippen LogP) is 3.38. The van der Waals surface area contributed by atoms with Gasteiger partial charge in [0.25, 0.3) is 0 Å². The van der Waals surface area contributed by atoms with Crippen LogP contribution in [0.3, 0.4) is 0 Å². The van der Waals surface area contributed by atoms with Crippen LogP contribution in [0, 0.1) is 5.82 Å². The van der Waals surface area contributed by atoms with Gasteiger partial charge in [-0.25, -0.2) is 4.39 Å². The molecule has 3 N–H and O–H groups in total. The van der Waals surface area contributed by atoms with Gasteiger partial charge in [-0.15, -0.1) is 5.10 Å². The van der Waals surface area contributed by atoms with E-state index in [1.165, 1.54) is 17.6 Å². The molecule has 0 saturated heterocycles. The zero-order chi connectivity index (χ0) is 15.6. The lowest BCUT2D eigenvalue weighted by Gasteiger charge is -2.21. The Hall–Kier alpha value is -1.08. The van der Waals surface area contributed by atoms with Gasteiger partial charge in [-0.2, -0.15) is 0 Å². The van der Waals surface area contributed by atoms with Gasteiger partial charge in [0.1, 0.15) is 5.82 Å². The van der Waals surface area contributed by atoms with Gasteiger partial charge >= 0.3 is 0 Å². The van der Waals surface area contributed by atoms with E-state index >= 15 is 0 Å².